The summed E-state index contributed by atoms with van der Waals surface area (Å²) in [5, 5.41) is 0. The van der Waals surface area contributed by atoms with Gasteiger partial charge in [-0.3, -0.25) is 0 Å². The summed E-state index contributed by atoms with van der Waals surface area (Å²) in [4.78, 5) is 0. The number of benzene rings is 1. The zero-order valence-corrected chi connectivity index (χ0v) is 9.03. The summed E-state index contributed by atoms with van der Waals surface area (Å²) in [6.07, 6.45) is 10.9. The zero-order valence-electron chi connectivity index (χ0n) is 9.03. The third-order valence-corrected chi connectivity index (χ3v) is 2.00. The van der Waals surface area contributed by atoms with Gasteiger partial charge in [0.2, 0.25) is 0 Å². The van der Waals surface area contributed by atoms with Crippen LogP contribution in [0.4, 0.5) is 0 Å². The Morgan fingerprint density at radius 1 is 0.929 bits per heavy atom. The number of allylic oxidation sites excluding steroid dienone is 2. The lowest BCUT2D eigenvalue weighted by atomic mass is 10.1. The number of rotatable bonds is 4. The summed E-state index contributed by atoms with van der Waals surface area (Å²) in [6.45, 7) is 4.30. The second kappa shape index (κ2) is 6.20. The van der Waals surface area contributed by atoms with Crippen molar-refractivity contribution in [2.24, 2.45) is 0 Å². The zero-order chi connectivity index (χ0) is 10.2. The van der Waals surface area contributed by atoms with Crippen molar-refractivity contribution in [2.75, 3.05) is 0 Å². The molecular weight excluding hydrogens is 168 g/mol. The van der Waals surface area contributed by atoms with Gasteiger partial charge in [0.05, 0.1) is 0 Å². The minimum Gasteiger partial charge on any atom is -0.0842 e. The maximum absolute atomic E-state index is 2.21. The Morgan fingerprint density at radius 2 is 1.43 bits per heavy atom. The van der Waals surface area contributed by atoms with Crippen LogP contribution in [-0.4, -0.2) is 0 Å². The van der Waals surface area contributed by atoms with Crippen LogP contribution in [0.3, 0.4) is 0 Å². The molecule has 0 unspecified atom stereocenters. The normalized spacial score (nSPS) is 11.6. The van der Waals surface area contributed by atoms with Gasteiger partial charge in [0.15, 0.2) is 0 Å². The van der Waals surface area contributed by atoms with E-state index in [2.05, 4.69) is 62.4 Å². The molecule has 0 amide bonds. The fourth-order valence-electron chi connectivity index (χ4n) is 1.27. The van der Waals surface area contributed by atoms with Gasteiger partial charge >= 0.3 is 0 Å². The first-order chi connectivity index (χ1) is 6.86. The molecule has 0 nitrogen and oxygen atoms in total. The van der Waals surface area contributed by atoms with Gasteiger partial charge in [0.1, 0.15) is 0 Å². The van der Waals surface area contributed by atoms with E-state index in [0.29, 0.717) is 0 Å². The second-order valence-electron chi connectivity index (χ2n) is 3.29. The molecule has 74 valence electrons. The maximum atomic E-state index is 2.21. The molecule has 0 saturated heterocycles. The van der Waals surface area contributed by atoms with Crippen LogP contribution in [0.2, 0.25) is 0 Å². The van der Waals surface area contributed by atoms with Crippen LogP contribution in [0.25, 0.3) is 12.2 Å². The molecule has 0 radical (unpaired) electrons. The van der Waals surface area contributed by atoms with E-state index < -0.39 is 0 Å². The molecule has 0 heteroatoms. The Labute approximate surface area is 87.0 Å². The fraction of sp³-hybridized carbons (Fsp3) is 0.286. The summed E-state index contributed by atoms with van der Waals surface area (Å²) < 4.78 is 0. The predicted molar refractivity (Wildman–Crippen MR) is 65.1 cm³/mol. The molecule has 0 heterocycles. The van der Waals surface area contributed by atoms with Crippen LogP contribution >= 0.6 is 0 Å². The molecule has 0 aliphatic heterocycles. The van der Waals surface area contributed by atoms with Crippen molar-refractivity contribution in [3.63, 3.8) is 0 Å². The SMILES string of the molecule is CCC=Cc1cccc(C=CCC)c1. The molecule has 0 fully saturated rings. The molecule has 0 aliphatic carbocycles. The largest absolute Gasteiger partial charge is 0.0842 e. The quantitative estimate of drug-likeness (QED) is 0.648. The van der Waals surface area contributed by atoms with Crippen molar-refractivity contribution in [1.29, 1.82) is 0 Å². The summed E-state index contributed by atoms with van der Waals surface area (Å²) in [5.41, 5.74) is 2.57. The average Bonchev–Trinajstić information content (AvgIpc) is 2.24. The van der Waals surface area contributed by atoms with Crippen LogP contribution in [0, 0.1) is 0 Å². The molecule has 0 aromatic heterocycles. The lowest BCUT2D eigenvalue weighted by molar-refractivity contribution is 1.23. The van der Waals surface area contributed by atoms with E-state index >= 15 is 0 Å². The van der Waals surface area contributed by atoms with Crippen molar-refractivity contribution in [3.8, 4) is 0 Å². The van der Waals surface area contributed by atoms with Gasteiger partial charge in [-0.05, 0) is 30.0 Å². The third-order valence-electron chi connectivity index (χ3n) is 2.00. The monoisotopic (exact) mass is 186 g/mol. The van der Waals surface area contributed by atoms with Gasteiger partial charge in [0, 0.05) is 0 Å². The van der Waals surface area contributed by atoms with E-state index in [9.17, 15) is 0 Å². The highest BCUT2D eigenvalue weighted by atomic mass is 13.9. The van der Waals surface area contributed by atoms with E-state index in [1.807, 2.05) is 0 Å². The van der Waals surface area contributed by atoms with Gasteiger partial charge in [-0.15, -0.1) is 0 Å². The molecule has 0 atom stereocenters. The van der Waals surface area contributed by atoms with Crippen molar-refractivity contribution < 1.29 is 0 Å². The number of hydrogen-bond acceptors (Lipinski definition) is 0. The Bertz CT molecular complexity index is 289. The van der Waals surface area contributed by atoms with Crippen LogP contribution in [-0.2, 0) is 0 Å². The molecule has 0 N–H and O–H groups in total. The van der Waals surface area contributed by atoms with Crippen molar-refractivity contribution in [2.45, 2.75) is 26.7 Å². The van der Waals surface area contributed by atoms with Crippen LogP contribution in [0.15, 0.2) is 36.4 Å². The average molecular weight is 186 g/mol. The van der Waals surface area contributed by atoms with Gasteiger partial charge in [-0.2, -0.15) is 0 Å². The fourth-order valence-corrected chi connectivity index (χ4v) is 1.27. The highest BCUT2D eigenvalue weighted by molar-refractivity contribution is 5.57. The van der Waals surface area contributed by atoms with E-state index in [1.165, 1.54) is 11.1 Å². The molecule has 0 spiro atoms. The van der Waals surface area contributed by atoms with Gasteiger partial charge < -0.3 is 0 Å². The summed E-state index contributed by atoms with van der Waals surface area (Å²) in [7, 11) is 0. The Hall–Kier alpha value is -1.30. The highest BCUT2D eigenvalue weighted by Crippen LogP contribution is 2.09. The maximum Gasteiger partial charge on any atom is -0.0254 e. The van der Waals surface area contributed by atoms with Crippen molar-refractivity contribution in [3.05, 3.63) is 47.5 Å². The number of hydrogen-bond donors (Lipinski definition) is 0. The molecule has 0 saturated carbocycles. The van der Waals surface area contributed by atoms with Gasteiger partial charge in [-0.1, -0.05) is 56.4 Å². The summed E-state index contributed by atoms with van der Waals surface area (Å²) >= 11 is 0. The van der Waals surface area contributed by atoms with Crippen molar-refractivity contribution >= 4 is 12.2 Å². The lowest BCUT2D eigenvalue weighted by Gasteiger charge is -1.96. The molecule has 1 rings (SSSR count). The lowest BCUT2D eigenvalue weighted by Crippen LogP contribution is -1.75. The standard InChI is InChI=1S/C14H18/c1-3-5-8-13-10-7-11-14(12-13)9-6-4-2/h5-12H,3-4H2,1-2H3. The molecular formula is C14H18. The minimum absolute atomic E-state index is 1.09. The molecule has 1 aromatic carbocycles. The van der Waals surface area contributed by atoms with E-state index in [-0.39, 0.29) is 0 Å². The smallest absolute Gasteiger partial charge is 0.0254 e. The van der Waals surface area contributed by atoms with Crippen LogP contribution in [0.5, 0.6) is 0 Å². The second-order valence-corrected chi connectivity index (χ2v) is 3.29. The summed E-state index contributed by atoms with van der Waals surface area (Å²) in [6, 6.07) is 8.58. The highest BCUT2D eigenvalue weighted by Gasteiger charge is 1.88. The Balaban J connectivity index is 2.78. The molecule has 0 bridgehead atoms. The third kappa shape index (κ3) is 3.61. The van der Waals surface area contributed by atoms with E-state index in [0.717, 1.165) is 12.8 Å². The predicted octanol–water partition coefficient (Wildman–Crippen LogP) is 4.53. The Kier molecular flexibility index (Phi) is 4.77. The molecule has 0 aliphatic rings. The van der Waals surface area contributed by atoms with E-state index in [4.69, 9.17) is 0 Å². The topological polar surface area (TPSA) is 0 Å². The van der Waals surface area contributed by atoms with Crippen LogP contribution in [0.1, 0.15) is 37.8 Å². The van der Waals surface area contributed by atoms with Gasteiger partial charge in [-0.25, -0.2) is 0 Å². The van der Waals surface area contributed by atoms with Gasteiger partial charge in [0.25, 0.3) is 0 Å². The summed E-state index contributed by atoms with van der Waals surface area (Å²) in [5.74, 6) is 0. The van der Waals surface area contributed by atoms with E-state index in [1.54, 1.807) is 0 Å². The minimum atomic E-state index is 1.09. The first kappa shape index (κ1) is 10.8. The van der Waals surface area contributed by atoms with Crippen LogP contribution < -0.4 is 0 Å². The first-order valence-corrected chi connectivity index (χ1v) is 5.30. The first-order valence-electron chi connectivity index (χ1n) is 5.30. The molecule has 1 aromatic rings. The molecule has 14 heavy (non-hydrogen) atoms. The van der Waals surface area contributed by atoms with Crippen molar-refractivity contribution in [1.82, 2.24) is 0 Å². The Morgan fingerprint density at radius 3 is 1.86 bits per heavy atom.